The molecule has 18 heavy (non-hydrogen) atoms. The van der Waals surface area contributed by atoms with Crippen molar-refractivity contribution in [1.82, 2.24) is 4.83 Å². The molecular formula is C11H10N2O3S2. The van der Waals surface area contributed by atoms with Gasteiger partial charge in [-0.05, 0) is 41.3 Å². The zero-order chi connectivity index (χ0) is 13.0. The van der Waals surface area contributed by atoms with Crippen molar-refractivity contribution in [2.75, 3.05) is 0 Å². The van der Waals surface area contributed by atoms with Crippen molar-refractivity contribution in [3.05, 3.63) is 47.3 Å². The number of rotatable bonds is 4. The molecule has 94 valence electrons. The summed E-state index contributed by atoms with van der Waals surface area (Å²) in [6, 6.07) is 9.40. The number of hydrogen-bond donors (Lipinski definition) is 2. The molecule has 1 aromatic carbocycles. The van der Waals surface area contributed by atoms with E-state index in [1.54, 1.807) is 23.6 Å². The van der Waals surface area contributed by atoms with Crippen LogP contribution in [-0.4, -0.2) is 19.7 Å². The number of hydrazone groups is 1. The quantitative estimate of drug-likeness (QED) is 0.662. The zero-order valence-corrected chi connectivity index (χ0v) is 10.8. The largest absolute Gasteiger partial charge is 0.508 e. The summed E-state index contributed by atoms with van der Waals surface area (Å²) in [5, 5.41) is 14.4. The van der Waals surface area contributed by atoms with Gasteiger partial charge in [-0.3, -0.25) is 0 Å². The van der Waals surface area contributed by atoms with Gasteiger partial charge in [0.25, 0.3) is 10.0 Å². The number of nitrogens with zero attached hydrogens (tertiary/aromatic N) is 1. The molecule has 0 spiro atoms. The van der Waals surface area contributed by atoms with E-state index in [0.29, 0.717) is 5.56 Å². The van der Waals surface area contributed by atoms with Crippen LogP contribution in [0.2, 0.25) is 0 Å². The van der Waals surface area contributed by atoms with Gasteiger partial charge in [0.15, 0.2) is 0 Å². The topological polar surface area (TPSA) is 78.8 Å². The number of nitrogens with one attached hydrogen (secondary N) is 1. The zero-order valence-electron chi connectivity index (χ0n) is 9.15. The Kier molecular flexibility index (Phi) is 3.63. The van der Waals surface area contributed by atoms with Gasteiger partial charge in [0, 0.05) is 0 Å². The molecule has 0 fully saturated rings. The summed E-state index contributed by atoms with van der Waals surface area (Å²) in [6.45, 7) is 0. The van der Waals surface area contributed by atoms with Crippen molar-refractivity contribution in [3.8, 4) is 5.75 Å². The first kappa shape index (κ1) is 12.6. The molecule has 0 aliphatic carbocycles. The predicted molar refractivity (Wildman–Crippen MR) is 70.3 cm³/mol. The number of aromatic hydroxyl groups is 1. The number of benzene rings is 1. The third-order valence-corrected chi connectivity index (χ3v) is 4.66. The van der Waals surface area contributed by atoms with E-state index in [1.165, 1.54) is 24.4 Å². The standard InChI is InChI=1S/C11H10N2O3S2/c14-10-5-3-9(4-6-10)8-12-13-18(15,16)11-2-1-7-17-11/h1-8,13-14H/b12-8+. The third kappa shape index (κ3) is 3.08. The second-order valence-electron chi connectivity index (χ2n) is 3.38. The molecule has 5 nitrogen and oxygen atoms in total. The summed E-state index contributed by atoms with van der Waals surface area (Å²) in [5.74, 6) is 0.145. The first-order chi connectivity index (χ1) is 8.58. The first-order valence-electron chi connectivity index (χ1n) is 4.95. The Morgan fingerprint density at radius 2 is 1.94 bits per heavy atom. The highest BCUT2D eigenvalue weighted by atomic mass is 32.2. The maximum atomic E-state index is 11.7. The van der Waals surface area contributed by atoms with Crippen LogP contribution in [0.1, 0.15) is 5.56 Å². The molecule has 0 amide bonds. The molecule has 2 aromatic rings. The number of thiophene rings is 1. The summed E-state index contributed by atoms with van der Waals surface area (Å²) in [6.07, 6.45) is 1.37. The Labute approximate surface area is 108 Å². The minimum Gasteiger partial charge on any atom is -0.508 e. The van der Waals surface area contributed by atoms with Crippen molar-refractivity contribution >= 4 is 27.6 Å². The van der Waals surface area contributed by atoms with Crippen LogP contribution in [-0.2, 0) is 10.0 Å². The maximum absolute atomic E-state index is 11.7. The van der Waals surface area contributed by atoms with E-state index in [9.17, 15) is 8.42 Å². The van der Waals surface area contributed by atoms with Gasteiger partial charge in [-0.15, -0.1) is 11.3 Å². The van der Waals surface area contributed by atoms with Gasteiger partial charge in [0.1, 0.15) is 9.96 Å². The van der Waals surface area contributed by atoms with E-state index in [4.69, 9.17) is 5.11 Å². The fourth-order valence-electron chi connectivity index (χ4n) is 1.19. The molecule has 2 N–H and O–H groups in total. The van der Waals surface area contributed by atoms with Crippen molar-refractivity contribution in [3.63, 3.8) is 0 Å². The van der Waals surface area contributed by atoms with Crippen LogP contribution in [0.5, 0.6) is 5.75 Å². The van der Waals surface area contributed by atoms with Crippen molar-refractivity contribution in [2.24, 2.45) is 5.10 Å². The predicted octanol–water partition coefficient (Wildman–Crippen LogP) is 1.77. The molecule has 0 aliphatic rings. The number of phenols is 1. The lowest BCUT2D eigenvalue weighted by atomic mass is 10.2. The molecule has 0 bridgehead atoms. The Morgan fingerprint density at radius 3 is 2.56 bits per heavy atom. The second-order valence-corrected chi connectivity index (χ2v) is 6.21. The molecule has 0 saturated heterocycles. The Bertz CT molecular complexity index is 631. The molecule has 1 aromatic heterocycles. The van der Waals surface area contributed by atoms with Gasteiger partial charge >= 0.3 is 0 Å². The summed E-state index contributed by atoms with van der Waals surface area (Å²) in [5.41, 5.74) is 0.682. The Morgan fingerprint density at radius 1 is 1.22 bits per heavy atom. The average Bonchev–Trinajstić information content (AvgIpc) is 2.86. The third-order valence-electron chi connectivity index (χ3n) is 2.04. The molecular weight excluding hydrogens is 272 g/mol. The normalized spacial score (nSPS) is 11.8. The van der Waals surface area contributed by atoms with Crippen LogP contribution in [0.4, 0.5) is 0 Å². The van der Waals surface area contributed by atoms with Gasteiger partial charge in [-0.2, -0.15) is 18.4 Å². The van der Waals surface area contributed by atoms with E-state index < -0.39 is 10.0 Å². The van der Waals surface area contributed by atoms with E-state index in [2.05, 4.69) is 9.93 Å². The Hall–Kier alpha value is -1.86. The lowest BCUT2D eigenvalue weighted by molar-refractivity contribution is 0.475. The molecule has 0 aliphatic heterocycles. The van der Waals surface area contributed by atoms with Gasteiger partial charge in [-0.1, -0.05) is 6.07 Å². The minimum atomic E-state index is -3.57. The number of sulfonamides is 1. The van der Waals surface area contributed by atoms with E-state index in [-0.39, 0.29) is 9.96 Å². The fraction of sp³-hybridized carbons (Fsp3) is 0. The van der Waals surface area contributed by atoms with E-state index in [0.717, 1.165) is 11.3 Å². The summed E-state index contributed by atoms with van der Waals surface area (Å²) < 4.78 is 23.6. The molecule has 1 heterocycles. The van der Waals surface area contributed by atoms with E-state index >= 15 is 0 Å². The van der Waals surface area contributed by atoms with Crippen LogP contribution >= 0.6 is 11.3 Å². The van der Waals surface area contributed by atoms with Crippen LogP contribution in [0, 0.1) is 0 Å². The van der Waals surface area contributed by atoms with Gasteiger partial charge in [0.2, 0.25) is 0 Å². The maximum Gasteiger partial charge on any atom is 0.286 e. The second kappa shape index (κ2) is 5.19. The monoisotopic (exact) mass is 282 g/mol. The van der Waals surface area contributed by atoms with Crippen molar-refractivity contribution < 1.29 is 13.5 Å². The summed E-state index contributed by atoms with van der Waals surface area (Å²) >= 11 is 1.12. The first-order valence-corrected chi connectivity index (χ1v) is 7.32. The highest BCUT2D eigenvalue weighted by Crippen LogP contribution is 2.15. The van der Waals surface area contributed by atoms with Crippen LogP contribution in [0.25, 0.3) is 0 Å². The molecule has 0 atom stereocenters. The average molecular weight is 282 g/mol. The molecule has 0 unspecified atom stereocenters. The van der Waals surface area contributed by atoms with Crippen LogP contribution in [0.3, 0.4) is 0 Å². The molecule has 0 radical (unpaired) electrons. The van der Waals surface area contributed by atoms with Crippen LogP contribution < -0.4 is 4.83 Å². The number of phenolic OH excluding ortho intramolecular Hbond substituents is 1. The highest BCUT2D eigenvalue weighted by Gasteiger charge is 2.12. The SMILES string of the molecule is O=S(=O)(N/N=C/c1ccc(O)cc1)c1cccs1. The Balaban J connectivity index is 2.06. The van der Waals surface area contributed by atoms with Crippen molar-refractivity contribution in [2.45, 2.75) is 4.21 Å². The van der Waals surface area contributed by atoms with Gasteiger partial charge in [0.05, 0.1) is 6.21 Å². The number of hydrogen-bond acceptors (Lipinski definition) is 5. The van der Waals surface area contributed by atoms with Gasteiger partial charge < -0.3 is 5.11 Å². The molecule has 7 heteroatoms. The van der Waals surface area contributed by atoms with Crippen LogP contribution in [0.15, 0.2) is 51.1 Å². The molecule has 2 rings (SSSR count). The smallest absolute Gasteiger partial charge is 0.286 e. The summed E-state index contributed by atoms with van der Waals surface area (Å²) in [7, 11) is -3.57. The van der Waals surface area contributed by atoms with Gasteiger partial charge in [-0.25, -0.2) is 0 Å². The fourth-order valence-corrected chi connectivity index (χ4v) is 2.96. The lowest BCUT2D eigenvalue weighted by Crippen LogP contribution is -2.17. The highest BCUT2D eigenvalue weighted by molar-refractivity contribution is 7.91. The molecule has 0 saturated carbocycles. The minimum absolute atomic E-state index is 0.145. The lowest BCUT2D eigenvalue weighted by Gasteiger charge is -1.99. The summed E-state index contributed by atoms with van der Waals surface area (Å²) in [4.78, 5) is 2.11. The van der Waals surface area contributed by atoms with Crippen molar-refractivity contribution in [1.29, 1.82) is 0 Å². The van der Waals surface area contributed by atoms with E-state index in [1.807, 2.05) is 0 Å².